The lowest BCUT2D eigenvalue weighted by atomic mass is 10.0. The molecule has 1 aliphatic carbocycles. The summed E-state index contributed by atoms with van der Waals surface area (Å²) in [5, 5.41) is 12.3. The van der Waals surface area contributed by atoms with Crippen molar-refractivity contribution in [1.82, 2.24) is 15.4 Å². The number of amides is 1. The van der Waals surface area contributed by atoms with Crippen LogP contribution in [0.1, 0.15) is 61.4 Å². The quantitative estimate of drug-likeness (QED) is 0.379. The van der Waals surface area contributed by atoms with Gasteiger partial charge in [-0.1, -0.05) is 41.9 Å². The van der Waals surface area contributed by atoms with Gasteiger partial charge in [-0.25, -0.2) is 10.2 Å². The van der Waals surface area contributed by atoms with Crippen LogP contribution in [0.2, 0.25) is 5.02 Å². The zero-order valence-electron chi connectivity index (χ0n) is 19.9. The summed E-state index contributed by atoms with van der Waals surface area (Å²) in [5.74, 6) is 0.741. The molecule has 186 valence electrons. The molecular formula is C27H32ClN3O4. The van der Waals surface area contributed by atoms with Crippen LogP contribution in [0.15, 0.2) is 48.7 Å². The molecular weight excluding hydrogens is 466 g/mol. The molecule has 3 N–H and O–H groups in total. The summed E-state index contributed by atoms with van der Waals surface area (Å²) >= 11 is 6.67. The zero-order chi connectivity index (χ0) is 24.4. The average Bonchev–Trinajstić information content (AvgIpc) is 3.61. The Morgan fingerprint density at radius 3 is 2.74 bits per heavy atom. The van der Waals surface area contributed by atoms with E-state index in [1.165, 1.54) is 24.0 Å². The molecule has 7 nitrogen and oxygen atoms in total. The van der Waals surface area contributed by atoms with Crippen molar-refractivity contribution < 1.29 is 19.4 Å². The van der Waals surface area contributed by atoms with Crippen LogP contribution >= 0.6 is 11.6 Å². The molecule has 5 rings (SSSR count). The van der Waals surface area contributed by atoms with Crippen molar-refractivity contribution in [2.75, 3.05) is 13.2 Å². The molecule has 2 heterocycles. The highest BCUT2D eigenvalue weighted by Gasteiger charge is 2.31. The van der Waals surface area contributed by atoms with Crippen LogP contribution in [-0.4, -0.2) is 41.1 Å². The van der Waals surface area contributed by atoms with E-state index in [1.807, 2.05) is 18.2 Å². The highest BCUT2D eigenvalue weighted by Crippen LogP contribution is 2.40. The number of nitrogens with one attached hydrogen (secondary N) is 2. The van der Waals surface area contributed by atoms with Crippen molar-refractivity contribution >= 4 is 28.6 Å². The van der Waals surface area contributed by atoms with Gasteiger partial charge in [0, 0.05) is 31.0 Å². The fourth-order valence-corrected chi connectivity index (χ4v) is 5.24. The Labute approximate surface area is 210 Å². The Morgan fingerprint density at radius 2 is 2.00 bits per heavy atom. The number of nitrogens with zero attached hydrogens (tertiary/aromatic N) is 1. The molecule has 35 heavy (non-hydrogen) atoms. The van der Waals surface area contributed by atoms with E-state index in [1.54, 1.807) is 6.92 Å². The Bertz CT molecular complexity index is 1180. The predicted molar refractivity (Wildman–Crippen MR) is 135 cm³/mol. The van der Waals surface area contributed by atoms with Gasteiger partial charge < -0.3 is 19.1 Å². The maximum atomic E-state index is 11.5. The van der Waals surface area contributed by atoms with Crippen LogP contribution in [0.3, 0.4) is 0 Å². The minimum absolute atomic E-state index is 0.277. The van der Waals surface area contributed by atoms with Crippen molar-refractivity contribution in [3.05, 3.63) is 70.4 Å². The van der Waals surface area contributed by atoms with Crippen molar-refractivity contribution in [3.8, 4) is 0 Å². The highest BCUT2D eigenvalue weighted by atomic mass is 35.5. The van der Waals surface area contributed by atoms with Gasteiger partial charge in [-0.05, 0) is 60.9 Å². The number of hydrazine groups is 1. The van der Waals surface area contributed by atoms with E-state index in [9.17, 15) is 9.90 Å². The van der Waals surface area contributed by atoms with Crippen LogP contribution in [0.5, 0.6) is 0 Å². The topological polar surface area (TPSA) is 84.8 Å². The van der Waals surface area contributed by atoms with Gasteiger partial charge in [0.15, 0.2) is 0 Å². The molecule has 0 unspecified atom stereocenters. The van der Waals surface area contributed by atoms with Gasteiger partial charge in [-0.3, -0.25) is 5.43 Å². The molecule has 1 aromatic heterocycles. The van der Waals surface area contributed by atoms with Crippen molar-refractivity contribution in [1.29, 1.82) is 0 Å². The van der Waals surface area contributed by atoms with Gasteiger partial charge in [0.05, 0.1) is 29.4 Å². The van der Waals surface area contributed by atoms with Gasteiger partial charge in [0.25, 0.3) is 0 Å². The smallest absolute Gasteiger partial charge is 0.421 e. The first-order valence-corrected chi connectivity index (χ1v) is 12.8. The first-order valence-electron chi connectivity index (χ1n) is 12.4. The number of ether oxygens (including phenoxy) is 2. The first kappa shape index (κ1) is 24.1. The number of rotatable bonds is 8. The number of halogens is 1. The molecule has 1 saturated carbocycles. The van der Waals surface area contributed by atoms with Crippen molar-refractivity contribution in [2.24, 2.45) is 0 Å². The number of aliphatic hydroxyl groups excluding tert-OH is 1. The predicted octanol–water partition coefficient (Wildman–Crippen LogP) is 5.05. The summed E-state index contributed by atoms with van der Waals surface area (Å²) < 4.78 is 13.3. The van der Waals surface area contributed by atoms with Crippen LogP contribution in [0.4, 0.5) is 4.79 Å². The molecule has 2 aliphatic rings. The molecule has 2 aromatic carbocycles. The van der Waals surface area contributed by atoms with Gasteiger partial charge in [-0.15, -0.1) is 0 Å². The van der Waals surface area contributed by atoms with E-state index in [-0.39, 0.29) is 12.3 Å². The van der Waals surface area contributed by atoms with E-state index >= 15 is 0 Å². The Morgan fingerprint density at radius 1 is 1.20 bits per heavy atom. The number of aromatic nitrogens is 1. The molecule has 0 radical (unpaired) electrons. The number of fused-ring (bicyclic) bond motifs is 1. The SMILES string of the molecule is CCOC(=O)NNC[C@@H]1C[C@H](O)C[C@H](n2cc(Cc3ccc(C4CC4)cc3)c3c(Cl)cccc32)O1. The monoisotopic (exact) mass is 497 g/mol. The second kappa shape index (κ2) is 10.6. The average molecular weight is 498 g/mol. The van der Waals surface area contributed by atoms with Gasteiger partial charge in [0.1, 0.15) is 6.23 Å². The number of benzene rings is 2. The van der Waals surface area contributed by atoms with Gasteiger partial charge >= 0.3 is 6.09 Å². The summed E-state index contributed by atoms with van der Waals surface area (Å²) in [5.41, 5.74) is 10.1. The molecule has 3 aromatic rings. The second-order valence-electron chi connectivity index (χ2n) is 9.45. The van der Waals surface area contributed by atoms with Crippen LogP contribution in [0.25, 0.3) is 10.9 Å². The van der Waals surface area contributed by atoms with Crippen LogP contribution < -0.4 is 10.9 Å². The zero-order valence-corrected chi connectivity index (χ0v) is 20.6. The highest BCUT2D eigenvalue weighted by molar-refractivity contribution is 6.35. The lowest BCUT2D eigenvalue weighted by Crippen LogP contribution is -2.46. The lowest BCUT2D eigenvalue weighted by Gasteiger charge is -2.34. The van der Waals surface area contributed by atoms with Crippen molar-refractivity contribution in [2.45, 2.75) is 63.4 Å². The molecule has 0 bridgehead atoms. The number of hydrogen-bond acceptors (Lipinski definition) is 5. The molecule has 2 fully saturated rings. The summed E-state index contributed by atoms with van der Waals surface area (Å²) in [7, 11) is 0. The molecule has 1 saturated heterocycles. The van der Waals surface area contributed by atoms with Crippen LogP contribution in [0, 0.1) is 0 Å². The largest absolute Gasteiger partial charge is 0.449 e. The molecule has 1 aliphatic heterocycles. The van der Waals surface area contributed by atoms with Crippen molar-refractivity contribution in [3.63, 3.8) is 0 Å². The van der Waals surface area contributed by atoms with E-state index in [0.29, 0.717) is 31.0 Å². The maximum Gasteiger partial charge on any atom is 0.421 e. The number of aliphatic hydroxyl groups is 1. The third-order valence-electron chi connectivity index (χ3n) is 6.77. The maximum absolute atomic E-state index is 11.5. The Hall–Kier alpha value is -2.58. The lowest BCUT2D eigenvalue weighted by molar-refractivity contribution is -0.126. The molecule has 8 heteroatoms. The number of hydrogen-bond donors (Lipinski definition) is 3. The second-order valence-corrected chi connectivity index (χ2v) is 9.86. The fourth-order valence-electron chi connectivity index (χ4n) is 4.94. The van der Waals surface area contributed by atoms with E-state index in [2.05, 4.69) is 45.9 Å². The summed E-state index contributed by atoms with van der Waals surface area (Å²) in [4.78, 5) is 11.5. The summed E-state index contributed by atoms with van der Waals surface area (Å²) in [6.45, 7) is 2.40. The number of carbonyl (C=O) groups is 1. The van der Waals surface area contributed by atoms with E-state index in [4.69, 9.17) is 21.1 Å². The van der Waals surface area contributed by atoms with E-state index in [0.717, 1.165) is 28.8 Å². The Balaban J connectivity index is 1.35. The molecule has 3 atom stereocenters. The van der Waals surface area contributed by atoms with Gasteiger partial charge in [-0.2, -0.15) is 0 Å². The first-order chi connectivity index (χ1) is 17.0. The Kier molecular flexibility index (Phi) is 7.29. The summed E-state index contributed by atoms with van der Waals surface area (Å²) in [6.07, 6.45) is 4.75. The number of carbonyl (C=O) groups excluding carboxylic acids is 1. The molecule has 1 amide bonds. The minimum Gasteiger partial charge on any atom is -0.449 e. The van der Waals surface area contributed by atoms with Gasteiger partial charge in [0.2, 0.25) is 0 Å². The molecule has 0 spiro atoms. The van der Waals surface area contributed by atoms with E-state index < -0.39 is 12.2 Å². The van der Waals surface area contributed by atoms with Crippen LogP contribution in [-0.2, 0) is 15.9 Å². The normalized spacial score (nSPS) is 22.3. The third-order valence-corrected chi connectivity index (χ3v) is 7.09. The standard InChI is InChI=1S/C27H32ClN3O4/c1-2-34-27(33)30-29-15-22-13-21(32)14-25(35-22)31-16-20(26-23(28)4-3-5-24(26)31)12-17-6-8-18(9-7-17)19-10-11-19/h3-9,16,19,21-22,25,29,32H,2,10-15H2,1H3,(H,30,33)/t21-,22-,25+/m0/s1. The minimum atomic E-state index is -0.541. The summed E-state index contributed by atoms with van der Waals surface area (Å²) in [6, 6.07) is 14.8. The third kappa shape index (κ3) is 5.64. The fraction of sp³-hybridized carbons (Fsp3) is 0.444.